The fourth-order valence-electron chi connectivity index (χ4n) is 2.82. The molecule has 2 aromatic carbocycles. The molecule has 0 aliphatic carbocycles. The van der Waals surface area contributed by atoms with Crippen LogP contribution in [0.5, 0.6) is 5.75 Å². The fourth-order valence-corrected chi connectivity index (χ4v) is 3.25. The van der Waals surface area contributed by atoms with E-state index < -0.39 is 0 Å². The number of hydrogen-bond acceptors (Lipinski definition) is 1. The van der Waals surface area contributed by atoms with Crippen molar-refractivity contribution in [2.75, 3.05) is 0 Å². The highest BCUT2D eigenvalue weighted by Gasteiger charge is 2.21. The van der Waals surface area contributed by atoms with Crippen LogP contribution in [0.3, 0.4) is 0 Å². The number of aromatic hydroxyl groups is 1. The summed E-state index contributed by atoms with van der Waals surface area (Å²) in [6.07, 6.45) is 0. The maximum atomic E-state index is 10.8. The van der Waals surface area contributed by atoms with Crippen LogP contribution in [0.25, 0.3) is 11.1 Å². The molecule has 0 spiro atoms. The van der Waals surface area contributed by atoms with Gasteiger partial charge in [-0.15, -0.1) is 0 Å². The van der Waals surface area contributed by atoms with E-state index in [9.17, 15) is 5.11 Å². The molecule has 1 nitrogen and oxygen atoms in total. The minimum atomic E-state index is 0.0378. The van der Waals surface area contributed by atoms with Gasteiger partial charge in [0.1, 0.15) is 5.75 Å². The Hall–Kier alpha value is -1.28. The van der Waals surface area contributed by atoms with Gasteiger partial charge in [-0.3, -0.25) is 0 Å². The lowest BCUT2D eigenvalue weighted by Gasteiger charge is -2.24. The molecule has 0 atom stereocenters. The summed E-state index contributed by atoms with van der Waals surface area (Å²) < 4.78 is 0. The average molecular weight is 389 g/mol. The third-order valence-electron chi connectivity index (χ3n) is 4.45. The summed E-state index contributed by atoms with van der Waals surface area (Å²) in [6, 6.07) is 10.9. The summed E-state index contributed by atoms with van der Waals surface area (Å²) >= 11 is 3.52. The Kier molecular flexibility index (Phi) is 5.20. The van der Waals surface area contributed by atoms with Gasteiger partial charge >= 0.3 is 0 Å². The first-order valence-corrected chi connectivity index (χ1v) is 9.60. The van der Waals surface area contributed by atoms with E-state index >= 15 is 0 Å². The Morgan fingerprint density at radius 1 is 0.833 bits per heavy atom. The first-order valence-electron chi connectivity index (χ1n) is 8.48. The van der Waals surface area contributed by atoms with E-state index in [1.54, 1.807) is 0 Å². The smallest absolute Gasteiger partial charge is 0.127 e. The highest BCUT2D eigenvalue weighted by molar-refractivity contribution is 9.08. The molecule has 0 aliphatic rings. The largest absolute Gasteiger partial charge is 0.507 e. The maximum Gasteiger partial charge on any atom is 0.127 e. The lowest BCUT2D eigenvalue weighted by molar-refractivity contribution is 0.471. The average Bonchev–Trinajstić information content (AvgIpc) is 2.44. The number of aryl methyl sites for hydroxylation is 1. The van der Waals surface area contributed by atoms with Crippen molar-refractivity contribution in [2.24, 2.45) is 0 Å². The minimum Gasteiger partial charge on any atom is -0.507 e. The number of halogens is 1. The highest BCUT2D eigenvalue weighted by Crippen LogP contribution is 2.39. The third-order valence-corrected chi connectivity index (χ3v) is 5.06. The van der Waals surface area contributed by atoms with Gasteiger partial charge in [0.05, 0.1) is 0 Å². The second kappa shape index (κ2) is 6.55. The van der Waals surface area contributed by atoms with Crippen LogP contribution in [0.4, 0.5) is 0 Å². The summed E-state index contributed by atoms with van der Waals surface area (Å²) in [7, 11) is 0. The predicted molar refractivity (Wildman–Crippen MR) is 108 cm³/mol. The van der Waals surface area contributed by atoms with E-state index in [0.717, 1.165) is 16.7 Å². The first kappa shape index (κ1) is 19.1. The predicted octanol–water partition coefficient (Wildman–Crippen LogP) is 6.86. The van der Waals surface area contributed by atoms with E-state index in [-0.39, 0.29) is 10.8 Å². The first-order chi connectivity index (χ1) is 10.9. The van der Waals surface area contributed by atoms with Crippen molar-refractivity contribution in [3.05, 3.63) is 52.6 Å². The molecule has 0 radical (unpaired) electrons. The van der Waals surface area contributed by atoms with Gasteiger partial charge in [0.2, 0.25) is 0 Å². The second-order valence-electron chi connectivity index (χ2n) is 8.75. The summed E-state index contributed by atoms with van der Waals surface area (Å²) in [5.74, 6) is 0.380. The number of rotatable bonds is 2. The summed E-state index contributed by atoms with van der Waals surface area (Å²) in [5.41, 5.74) is 6.82. The van der Waals surface area contributed by atoms with Crippen LogP contribution in [0.2, 0.25) is 0 Å². The van der Waals surface area contributed by atoms with Crippen molar-refractivity contribution in [3.8, 4) is 16.9 Å². The zero-order chi connectivity index (χ0) is 18.3. The molecule has 2 heteroatoms. The Morgan fingerprint density at radius 3 is 1.88 bits per heavy atom. The highest BCUT2D eigenvalue weighted by atomic mass is 79.9. The molecule has 0 aliphatic heterocycles. The number of phenolic OH excluding ortho intramolecular Hbond substituents is 1. The van der Waals surface area contributed by atoms with Gasteiger partial charge in [-0.25, -0.2) is 0 Å². The lowest BCUT2D eigenvalue weighted by atomic mass is 9.81. The van der Waals surface area contributed by atoms with Crippen LogP contribution in [0.1, 0.15) is 63.8 Å². The molecule has 2 aromatic rings. The van der Waals surface area contributed by atoms with Crippen LogP contribution in [0.15, 0.2) is 30.3 Å². The summed E-state index contributed by atoms with van der Waals surface area (Å²) in [6.45, 7) is 15.4. The molecule has 1 N–H and O–H groups in total. The Labute approximate surface area is 155 Å². The lowest BCUT2D eigenvalue weighted by Crippen LogP contribution is -2.12. The van der Waals surface area contributed by atoms with Crippen LogP contribution >= 0.6 is 15.9 Å². The fraction of sp³-hybridized carbons (Fsp3) is 0.455. The van der Waals surface area contributed by atoms with Gasteiger partial charge in [-0.1, -0.05) is 87.3 Å². The van der Waals surface area contributed by atoms with Crippen molar-refractivity contribution < 1.29 is 5.11 Å². The second-order valence-corrected chi connectivity index (χ2v) is 9.31. The molecule has 0 bridgehead atoms. The topological polar surface area (TPSA) is 20.2 Å². The number of benzene rings is 2. The molecule has 0 saturated heterocycles. The third kappa shape index (κ3) is 4.03. The van der Waals surface area contributed by atoms with Gasteiger partial charge in [0.25, 0.3) is 0 Å². The van der Waals surface area contributed by atoms with Gasteiger partial charge in [-0.05, 0) is 40.5 Å². The molecule has 24 heavy (non-hydrogen) atoms. The van der Waals surface area contributed by atoms with Gasteiger partial charge in [-0.2, -0.15) is 0 Å². The van der Waals surface area contributed by atoms with E-state index in [2.05, 4.69) is 94.7 Å². The van der Waals surface area contributed by atoms with E-state index in [0.29, 0.717) is 11.1 Å². The van der Waals surface area contributed by atoms with Crippen molar-refractivity contribution in [2.45, 2.75) is 64.6 Å². The maximum absolute atomic E-state index is 10.8. The molecule has 0 aromatic heterocycles. The summed E-state index contributed by atoms with van der Waals surface area (Å²) in [4.78, 5) is 0. The molecule has 0 fully saturated rings. The van der Waals surface area contributed by atoms with Crippen molar-refractivity contribution in [3.63, 3.8) is 0 Å². The monoisotopic (exact) mass is 388 g/mol. The standard InChI is InChI=1S/C22H29BrO/c1-14-8-15(10-17(9-14)21(2,3)4)19-12-18(22(5,6)7)11-16(13-23)20(19)24/h8-12,24H,13H2,1-7H3. The number of hydrogen-bond donors (Lipinski definition) is 1. The van der Waals surface area contributed by atoms with Gasteiger partial charge < -0.3 is 5.11 Å². The van der Waals surface area contributed by atoms with Crippen molar-refractivity contribution in [1.82, 2.24) is 0 Å². The molecule has 0 unspecified atom stereocenters. The van der Waals surface area contributed by atoms with Gasteiger partial charge in [0, 0.05) is 16.5 Å². The normalized spacial score (nSPS) is 12.5. The Balaban J connectivity index is 2.74. The number of phenols is 1. The molecule has 0 saturated carbocycles. The molecule has 0 amide bonds. The zero-order valence-corrected chi connectivity index (χ0v) is 17.5. The Morgan fingerprint density at radius 2 is 1.38 bits per heavy atom. The zero-order valence-electron chi connectivity index (χ0n) is 15.9. The molecule has 2 rings (SSSR count). The van der Waals surface area contributed by atoms with Crippen molar-refractivity contribution >= 4 is 15.9 Å². The van der Waals surface area contributed by atoms with Crippen LogP contribution in [-0.2, 0) is 16.2 Å². The van der Waals surface area contributed by atoms with Crippen molar-refractivity contribution in [1.29, 1.82) is 0 Å². The van der Waals surface area contributed by atoms with E-state index in [4.69, 9.17) is 0 Å². The van der Waals surface area contributed by atoms with Crippen LogP contribution < -0.4 is 0 Å². The minimum absolute atomic E-state index is 0.0378. The summed E-state index contributed by atoms with van der Waals surface area (Å²) in [5, 5.41) is 11.4. The number of alkyl halides is 1. The SMILES string of the molecule is Cc1cc(-c2cc(C(C)(C)C)cc(CBr)c2O)cc(C(C)(C)C)c1. The van der Waals surface area contributed by atoms with Crippen LogP contribution in [0, 0.1) is 6.92 Å². The van der Waals surface area contributed by atoms with E-state index in [1.165, 1.54) is 16.7 Å². The van der Waals surface area contributed by atoms with Crippen LogP contribution in [-0.4, -0.2) is 5.11 Å². The quantitative estimate of drug-likeness (QED) is 0.557. The molecular weight excluding hydrogens is 360 g/mol. The van der Waals surface area contributed by atoms with E-state index in [1.807, 2.05) is 0 Å². The van der Waals surface area contributed by atoms with Gasteiger partial charge in [0.15, 0.2) is 0 Å². The molecule has 0 heterocycles. The molecular formula is C22H29BrO. The Bertz CT molecular complexity index is 746. The molecule has 130 valence electrons.